The molecule has 4 heteroatoms. The fraction of sp³-hybridized carbons (Fsp3) is 0.400. The van der Waals surface area contributed by atoms with Crippen LogP contribution >= 0.6 is 0 Å². The number of rotatable bonds is 2. The molecule has 0 amide bonds. The van der Waals surface area contributed by atoms with Gasteiger partial charge in [-0.25, -0.2) is 13.2 Å². The molecule has 1 aromatic rings. The topological polar surface area (TPSA) is 9.23 Å². The molecule has 1 nitrogen and oxygen atoms in total. The molecular weight excluding hydrogens is 193 g/mol. The molecule has 1 saturated carbocycles. The summed E-state index contributed by atoms with van der Waals surface area (Å²) in [6.45, 7) is 0. The molecule has 14 heavy (non-hydrogen) atoms. The molecule has 0 radical (unpaired) electrons. The van der Waals surface area contributed by atoms with Gasteiger partial charge in [-0.05, 0) is 25.0 Å². The highest BCUT2D eigenvalue weighted by Crippen LogP contribution is 2.50. The van der Waals surface area contributed by atoms with Gasteiger partial charge in [0.25, 0.3) is 0 Å². The first kappa shape index (κ1) is 9.52. The largest absolute Gasteiger partial charge is 0.373 e. The molecule has 0 saturated heterocycles. The lowest BCUT2D eigenvalue weighted by Crippen LogP contribution is -2.15. The lowest BCUT2D eigenvalue weighted by Gasteiger charge is -2.15. The average Bonchev–Trinajstić information content (AvgIpc) is 2.93. The number of hydrogen-bond acceptors (Lipinski definition) is 1. The van der Waals surface area contributed by atoms with Crippen LogP contribution < -0.4 is 0 Å². The van der Waals surface area contributed by atoms with Crippen molar-refractivity contribution >= 4 is 0 Å². The Balaban J connectivity index is 2.57. The molecular formula is C10H9F3O. The third-order valence-electron chi connectivity index (χ3n) is 2.59. The Labute approximate surface area is 79.5 Å². The highest BCUT2D eigenvalue weighted by atomic mass is 19.2. The predicted molar refractivity (Wildman–Crippen MR) is 44.2 cm³/mol. The normalized spacial score (nSPS) is 18.3. The first-order chi connectivity index (χ1) is 6.60. The molecule has 0 N–H and O–H groups in total. The Hall–Kier alpha value is -1.03. The van der Waals surface area contributed by atoms with E-state index in [4.69, 9.17) is 4.74 Å². The fourth-order valence-corrected chi connectivity index (χ4v) is 1.61. The van der Waals surface area contributed by atoms with E-state index in [0.717, 1.165) is 12.1 Å². The second kappa shape index (κ2) is 2.98. The molecule has 0 atom stereocenters. The Bertz CT molecular complexity index is 372. The maximum Gasteiger partial charge on any atom is 0.167 e. The molecule has 0 aliphatic heterocycles. The van der Waals surface area contributed by atoms with Gasteiger partial charge >= 0.3 is 0 Å². The van der Waals surface area contributed by atoms with E-state index in [1.54, 1.807) is 0 Å². The summed E-state index contributed by atoms with van der Waals surface area (Å²) in [5.74, 6) is -2.92. The summed E-state index contributed by atoms with van der Waals surface area (Å²) in [5, 5.41) is 0. The van der Waals surface area contributed by atoms with E-state index in [0.29, 0.717) is 12.8 Å². The van der Waals surface area contributed by atoms with Crippen LogP contribution in [0.15, 0.2) is 12.1 Å². The monoisotopic (exact) mass is 202 g/mol. The van der Waals surface area contributed by atoms with Crippen LogP contribution in [-0.4, -0.2) is 7.11 Å². The molecule has 76 valence electrons. The first-order valence-corrected chi connectivity index (χ1v) is 4.30. The second-order valence-electron chi connectivity index (χ2n) is 3.42. The molecule has 0 spiro atoms. The van der Waals surface area contributed by atoms with Gasteiger partial charge in [0.05, 0.1) is 11.2 Å². The van der Waals surface area contributed by atoms with Gasteiger partial charge in [-0.2, -0.15) is 0 Å². The first-order valence-electron chi connectivity index (χ1n) is 4.30. The molecule has 1 fully saturated rings. The highest BCUT2D eigenvalue weighted by molar-refractivity contribution is 5.31. The zero-order chi connectivity index (χ0) is 10.3. The van der Waals surface area contributed by atoms with Gasteiger partial charge in [-0.3, -0.25) is 0 Å². The number of hydrogen-bond donors (Lipinski definition) is 0. The highest BCUT2D eigenvalue weighted by Gasteiger charge is 2.49. The Kier molecular flexibility index (Phi) is 2.03. The zero-order valence-corrected chi connectivity index (χ0v) is 7.61. The van der Waals surface area contributed by atoms with Crippen LogP contribution in [0.4, 0.5) is 13.2 Å². The van der Waals surface area contributed by atoms with E-state index >= 15 is 0 Å². The van der Waals surface area contributed by atoms with Crippen molar-refractivity contribution in [3.05, 3.63) is 35.1 Å². The van der Waals surface area contributed by atoms with Crippen molar-refractivity contribution in [1.82, 2.24) is 0 Å². The van der Waals surface area contributed by atoms with Crippen molar-refractivity contribution in [3.63, 3.8) is 0 Å². The lowest BCUT2D eigenvalue weighted by molar-refractivity contribution is 0.0715. The summed E-state index contributed by atoms with van der Waals surface area (Å²) in [4.78, 5) is 0. The van der Waals surface area contributed by atoms with E-state index in [9.17, 15) is 13.2 Å². The lowest BCUT2D eigenvalue weighted by atomic mass is 10.1. The van der Waals surface area contributed by atoms with Crippen molar-refractivity contribution in [2.24, 2.45) is 0 Å². The third-order valence-corrected chi connectivity index (χ3v) is 2.59. The minimum atomic E-state index is -1.13. The maximum atomic E-state index is 13.3. The summed E-state index contributed by atoms with van der Waals surface area (Å²) < 4.78 is 44.4. The van der Waals surface area contributed by atoms with E-state index in [1.807, 2.05) is 0 Å². The quantitative estimate of drug-likeness (QED) is 0.670. The van der Waals surface area contributed by atoms with Crippen molar-refractivity contribution in [2.45, 2.75) is 18.4 Å². The van der Waals surface area contributed by atoms with Crippen LogP contribution in [0.2, 0.25) is 0 Å². The van der Waals surface area contributed by atoms with Gasteiger partial charge in [-0.1, -0.05) is 0 Å². The van der Waals surface area contributed by atoms with E-state index in [2.05, 4.69) is 0 Å². The van der Waals surface area contributed by atoms with E-state index < -0.39 is 23.1 Å². The third kappa shape index (κ3) is 1.21. The second-order valence-corrected chi connectivity index (χ2v) is 3.42. The minimum Gasteiger partial charge on any atom is -0.373 e. The van der Waals surface area contributed by atoms with Gasteiger partial charge in [-0.15, -0.1) is 0 Å². The molecule has 0 bridgehead atoms. The van der Waals surface area contributed by atoms with Crippen molar-refractivity contribution in [2.75, 3.05) is 7.11 Å². The van der Waals surface area contributed by atoms with Gasteiger partial charge in [0.2, 0.25) is 0 Å². The van der Waals surface area contributed by atoms with Gasteiger partial charge in [0.15, 0.2) is 11.6 Å². The Morgan fingerprint density at radius 2 is 1.71 bits per heavy atom. The molecule has 2 rings (SSSR count). The molecule has 1 aliphatic carbocycles. The molecule has 1 aromatic carbocycles. The summed E-state index contributed by atoms with van der Waals surface area (Å²) in [7, 11) is 1.37. The molecule has 0 heterocycles. The maximum absolute atomic E-state index is 13.3. The van der Waals surface area contributed by atoms with Crippen LogP contribution in [-0.2, 0) is 10.3 Å². The summed E-state index contributed by atoms with van der Waals surface area (Å²) in [6.07, 6.45) is 1.06. The molecule has 1 aliphatic rings. The summed E-state index contributed by atoms with van der Waals surface area (Å²) in [5.41, 5.74) is -1.21. The summed E-state index contributed by atoms with van der Waals surface area (Å²) >= 11 is 0. The van der Waals surface area contributed by atoms with Crippen LogP contribution in [0.3, 0.4) is 0 Å². The number of methoxy groups -OCH3 is 1. The molecule has 0 aromatic heterocycles. The van der Waals surface area contributed by atoms with Gasteiger partial charge in [0.1, 0.15) is 5.82 Å². The number of halogens is 3. The number of benzene rings is 1. The Morgan fingerprint density at radius 1 is 1.14 bits per heavy atom. The van der Waals surface area contributed by atoms with Crippen molar-refractivity contribution in [3.8, 4) is 0 Å². The Morgan fingerprint density at radius 3 is 2.21 bits per heavy atom. The van der Waals surface area contributed by atoms with Crippen molar-refractivity contribution in [1.29, 1.82) is 0 Å². The van der Waals surface area contributed by atoms with Gasteiger partial charge in [0, 0.05) is 7.11 Å². The van der Waals surface area contributed by atoms with Crippen LogP contribution in [0.25, 0.3) is 0 Å². The smallest absolute Gasteiger partial charge is 0.167 e. The van der Waals surface area contributed by atoms with E-state index in [1.165, 1.54) is 7.11 Å². The standard InChI is InChI=1S/C10H9F3O/c1-14-10(4-5-10)8-6(11)2-3-7(12)9(8)13/h2-3H,4-5H2,1H3. The summed E-state index contributed by atoms with van der Waals surface area (Å²) in [6, 6.07) is 1.70. The minimum absolute atomic E-state index is 0.278. The zero-order valence-electron chi connectivity index (χ0n) is 7.61. The molecule has 0 unspecified atom stereocenters. The van der Waals surface area contributed by atoms with Crippen LogP contribution in [0, 0.1) is 17.5 Å². The van der Waals surface area contributed by atoms with Crippen molar-refractivity contribution < 1.29 is 17.9 Å². The van der Waals surface area contributed by atoms with Crippen LogP contribution in [0.1, 0.15) is 18.4 Å². The van der Waals surface area contributed by atoms with Gasteiger partial charge < -0.3 is 4.74 Å². The average molecular weight is 202 g/mol. The SMILES string of the molecule is COC1(c2c(F)ccc(F)c2F)CC1. The number of ether oxygens (including phenoxy) is 1. The van der Waals surface area contributed by atoms with Crippen LogP contribution in [0.5, 0.6) is 0 Å². The predicted octanol–water partition coefficient (Wildman–Crippen LogP) is 2.74. The van der Waals surface area contributed by atoms with E-state index in [-0.39, 0.29) is 5.56 Å². The fourth-order valence-electron chi connectivity index (χ4n) is 1.61.